The molecule has 4 aliphatic rings. The molecule has 2 fully saturated rings. The van der Waals surface area contributed by atoms with Crippen molar-refractivity contribution in [3.05, 3.63) is 94.1 Å². The summed E-state index contributed by atoms with van der Waals surface area (Å²) in [6, 6.07) is 18.7. The average Bonchev–Trinajstić information content (AvgIpc) is 3.57. The molecule has 7 rings (SSSR count). The highest BCUT2D eigenvalue weighted by Crippen LogP contribution is 2.54. The zero-order valence-electron chi connectivity index (χ0n) is 18.8. The number of hydrogen-bond acceptors (Lipinski definition) is 6. The fourth-order valence-corrected chi connectivity index (χ4v) is 6.19. The van der Waals surface area contributed by atoms with Crippen molar-refractivity contribution in [3.63, 3.8) is 0 Å². The predicted molar refractivity (Wildman–Crippen MR) is 134 cm³/mol. The first kappa shape index (κ1) is 21.4. The van der Waals surface area contributed by atoms with Crippen molar-refractivity contribution in [1.82, 2.24) is 4.90 Å². The molecular weight excluding hydrogens is 524 g/mol. The summed E-state index contributed by atoms with van der Waals surface area (Å²) < 4.78 is 11.7. The summed E-state index contributed by atoms with van der Waals surface area (Å²) in [6.07, 6.45) is 3.80. The third-order valence-electron chi connectivity index (χ3n) is 7.47. The molecular formula is C28H19BrN2O5. The molecule has 0 aliphatic carbocycles. The summed E-state index contributed by atoms with van der Waals surface area (Å²) in [5, 5.41) is 0. The Bertz CT molecular complexity index is 1480. The number of ether oxygens (including phenoxy) is 2. The summed E-state index contributed by atoms with van der Waals surface area (Å²) >= 11 is 3.41. The van der Waals surface area contributed by atoms with Crippen LogP contribution in [0.3, 0.4) is 0 Å². The number of benzene rings is 3. The van der Waals surface area contributed by atoms with Crippen molar-refractivity contribution in [2.45, 2.75) is 12.1 Å². The minimum Gasteiger partial charge on any atom is -0.454 e. The third-order valence-corrected chi connectivity index (χ3v) is 8.00. The number of Topliss-reactive ketones (excluding diaryl/α,β-unsaturated/α-hetero) is 1. The fraction of sp³-hybridized carbons (Fsp3) is 0.179. The lowest BCUT2D eigenvalue weighted by Crippen LogP contribution is -2.44. The number of rotatable bonds is 3. The van der Waals surface area contributed by atoms with Gasteiger partial charge in [-0.15, -0.1) is 0 Å². The quantitative estimate of drug-likeness (QED) is 0.356. The maximum Gasteiger partial charge on any atom is 0.240 e. The molecule has 4 atom stereocenters. The number of carbonyl (C=O) groups is 3. The fourth-order valence-electron chi connectivity index (χ4n) is 5.92. The molecule has 3 aromatic carbocycles. The lowest BCUT2D eigenvalue weighted by molar-refractivity contribution is -0.123. The monoisotopic (exact) mass is 542 g/mol. The summed E-state index contributed by atoms with van der Waals surface area (Å²) in [5.74, 6) is -1.33. The number of fused-ring (bicyclic) bond motifs is 6. The third kappa shape index (κ3) is 2.94. The molecule has 8 heteroatoms. The normalized spacial score (nSPS) is 25.1. The van der Waals surface area contributed by atoms with E-state index in [4.69, 9.17) is 9.47 Å². The number of anilines is 1. The molecule has 3 aromatic rings. The van der Waals surface area contributed by atoms with Gasteiger partial charge in [-0.1, -0.05) is 52.3 Å². The SMILES string of the molecule is O=C(c1ccc(Br)cc1)[C@H]1[C@H]2C(=O)N(c3ccc4c(c3)OCO4)C(=O)[C@H]2[C@@H]2c3ccccc3C=CN12. The first-order chi connectivity index (χ1) is 17.5. The molecule has 0 aromatic heterocycles. The summed E-state index contributed by atoms with van der Waals surface area (Å²) in [5.41, 5.74) is 2.84. The minimum absolute atomic E-state index is 0.0931. The van der Waals surface area contributed by atoms with E-state index in [9.17, 15) is 14.4 Å². The smallest absolute Gasteiger partial charge is 0.240 e. The molecule has 0 unspecified atom stereocenters. The van der Waals surface area contributed by atoms with Gasteiger partial charge >= 0.3 is 0 Å². The molecule has 178 valence electrons. The van der Waals surface area contributed by atoms with E-state index in [-0.39, 0.29) is 24.4 Å². The maximum absolute atomic E-state index is 14.0. The van der Waals surface area contributed by atoms with Gasteiger partial charge in [0, 0.05) is 22.3 Å². The van der Waals surface area contributed by atoms with Crippen LogP contribution in [0.2, 0.25) is 0 Å². The number of amides is 2. The van der Waals surface area contributed by atoms with Gasteiger partial charge in [0.1, 0.15) is 6.04 Å². The summed E-state index contributed by atoms with van der Waals surface area (Å²) in [6.45, 7) is 0.0931. The van der Waals surface area contributed by atoms with Gasteiger partial charge in [0.25, 0.3) is 0 Å². The van der Waals surface area contributed by atoms with Gasteiger partial charge in [-0.3, -0.25) is 14.4 Å². The zero-order chi connectivity index (χ0) is 24.6. The Morgan fingerprint density at radius 3 is 2.47 bits per heavy atom. The van der Waals surface area contributed by atoms with Crippen molar-refractivity contribution in [3.8, 4) is 11.5 Å². The van der Waals surface area contributed by atoms with Crippen LogP contribution in [0.5, 0.6) is 11.5 Å². The van der Waals surface area contributed by atoms with E-state index in [0.717, 1.165) is 15.6 Å². The Balaban J connectivity index is 1.36. The number of carbonyl (C=O) groups excluding carboxylic acids is 3. The molecule has 36 heavy (non-hydrogen) atoms. The van der Waals surface area contributed by atoms with Crippen molar-refractivity contribution >= 4 is 45.3 Å². The van der Waals surface area contributed by atoms with Gasteiger partial charge in [0.2, 0.25) is 18.6 Å². The number of hydrogen-bond donors (Lipinski definition) is 0. The van der Waals surface area contributed by atoms with Crippen molar-refractivity contribution in [1.29, 1.82) is 0 Å². The lowest BCUT2D eigenvalue weighted by atomic mass is 9.83. The van der Waals surface area contributed by atoms with Crippen LogP contribution in [0.4, 0.5) is 5.69 Å². The van der Waals surface area contributed by atoms with E-state index in [2.05, 4.69) is 15.9 Å². The molecule has 0 spiro atoms. The van der Waals surface area contributed by atoms with E-state index >= 15 is 0 Å². The average molecular weight is 543 g/mol. The van der Waals surface area contributed by atoms with Gasteiger partial charge in [0.05, 0.1) is 23.6 Å². The topological polar surface area (TPSA) is 76.1 Å². The van der Waals surface area contributed by atoms with Gasteiger partial charge < -0.3 is 14.4 Å². The Morgan fingerprint density at radius 1 is 0.889 bits per heavy atom. The number of nitrogens with zero attached hydrogens (tertiary/aromatic N) is 2. The molecule has 4 heterocycles. The second-order valence-corrected chi connectivity index (χ2v) is 10.2. The van der Waals surface area contributed by atoms with Gasteiger partial charge in [-0.25, -0.2) is 4.90 Å². The molecule has 2 saturated heterocycles. The van der Waals surface area contributed by atoms with E-state index in [0.29, 0.717) is 22.7 Å². The van der Waals surface area contributed by atoms with Gasteiger partial charge in [-0.2, -0.15) is 0 Å². The maximum atomic E-state index is 14.0. The Labute approximate surface area is 215 Å². The molecule has 0 bridgehead atoms. The van der Waals surface area contributed by atoms with E-state index < -0.39 is 23.9 Å². The molecule has 2 amide bonds. The van der Waals surface area contributed by atoms with Crippen LogP contribution in [0.1, 0.15) is 27.5 Å². The number of ketones is 1. The second kappa shape index (κ2) is 7.80. The second-order valence-electron chi connectivity index (χ2n) is 9.25. The molecule has 0 radical (unpaired) electrons. The van der Waals surface area contributed by atoms with Crippen molar-refractivity contribution < 1.29 is 23.9 Å². The summed E-state index contributed by atoms with van der Waals surface area (Å²) in [4.78, 5) is 45.0. The van der Waals surface area contributed by atoms with Crippen LogP contribution in [0.15, 0.2) is 77.4 Å². The largest absolute Gasteiger partial charge is 0.454 e. The van der Waals surface area contributed by atoms with E-state index in [1.807, 2.05) is 41.4 Å². The van der Waals surface area contributed by atoms with E-state index in [1.54, 1.807) is 42.5 Å². The van der Waals surface area contributed by atoms with Gasteiger partial charge in [0.15, 0.2) is 17.3 Å². The van der Waals surface area contributed by atoms with Crippen molar-refractivity contribution in [2.24, 2.45) is 11.8 Å². The first-order valence-electron chi connectivity index (χ1n) is 11.6. The standard InChI is InChI=1S/C28H19BrN2O5/c29-17-7-5-16(6-8-17)26(32)25-23-22(24-19-4-2-1-3-15(19)11-12-30(24)25)27(33)31(28(23)34)18-9-10-20-21(13-18)36-14-35-20/h1-13,22-25H,14H2/t22-,23+,24+,25-/m1/s1. The van der Waals surface area contributed by atoms with E-state index in [1.165, 1.54) is 4.90 Å². The van der Waals surface area contributed by atoms with Gasteiger partial charge in [-0.05, 0) is 41.5 Å². The van der Waals surface area contributed by atoms with Crippen LogP contribution < -0.4 is 14.4 Å². The highest BCUT2D eigenvalue weighted by molar-refractivity contribution is 9.10. The highest BCUT2D eigenvalue weighted by atomic mass is 79.9. The number of imide groups is 1. The molecule has 0 N–H and O–H groups in total. The Kier molecular flexibility index (Phi) is 4.63. The van der Waals surface area contributed by atoms with Crippen LogP contribution in [-0.2, 0) is 9.59 Å². The molecule has 7 nitrogen and oxygen atoms in total. The summed E-state index contributed by atoms with van der Waals surface area (Å²) in [7, 11) is 0. The first-order valence-corrected chi connectivity index (χ1v) is 12.4. The minimum atomic E-state index is -0.820. The Morgan fingerprint density at radius 2 is 1.64 bits per heavy atom. The molecule has 0 saturated carbocycles. The van der Waals surface area contributed by atoms with Crippen LogP contribution in [-0.4, -0.2) is 35.3 Å². The van der Waals surface area contributed by atoms with Crippen molar-refractivity contribution in [2.75, 3.05) is 11.7 Å². The lowest BCUT2D eigenvalue weighted by Gasteiger charge is -2.35. The Hall–Kier alpha value is -3.91. The zero-order valence-corrected chi connectivity index (χ0v) is 20.4. The van der Waals surface area contributed by atoms with Crippen LogP contribution in [0.25, 0.3) is 6.08 Å². The van der Waals surface area contributed by atoms with Crippen LogP contribution in [0, 0.1) is 11.8 Å². The molecule has 4 aliphatic heterocycles. The van der Waals surface area contributed by atoms with Crippen LogP contribution >= 0.6 is 15.9 Å². The highest BCUT2D eigenvalue weighted by Gasteiger charge is 2.64. The predicted octanol–water partition coefficient (Wildman–Crippen LogP) is 4.58. The number of halogens is 1.